The Kier molecular flexibility index (Phi) is 3.03. The molecule has 2 N–H and O–H groups in total. The average Bonchev–Trinajstić information content (AvgIpc) is 3.06. The van der Waals surface area contributed by atoms with Gasteiger partial charge in [0.1, 0.15) is 17.0 Å². The zero-order chi connectivity index (χ0) is 13.4. The van der Waals surface area contributed by atoms with E-state index in [2.05, 4.69) is 15.2 Å². The molecule has 0 radical (unpaired) electrons. The average molecular weight is 278 g/mol. The molecule has 1 aliphatic heterocycles. The zero-order valence-electron chi connectivity index (χ0n) is 10.5. The number of carbonyl (C=O) groups is 1. The van der Waals surface area contributed by atoms with E-state index in [9.17, 15) is 4.79 Å². The molecule has 100 valence electrons. The molecule has 2 aromatic heterocycles. The van der Waals surface area contributed by atoms with E-state index in [1.807, 2.05) is 11.5 Å². The minimum atomic E-state index is -0.143. The predicted molar refractivity (Wildman–Crippen MR) is 69.5 cm³/mol. The number of fused-ring (bicyclic) bond motifs is 1. The van der Waals surface area contributed by atoms with Crippen molar-refractivity contribution in [3.8, 4) is 0 Å². The molecule has 0 fully saturated rings. The fraction of sp³-hybridized carbons (Fsp3) is 0.455. The van der Waals surface area contributed by atoms with E-state index in [-0.39, 0.29) is 11.9 Å². The zero-order valence-corrected chi connectivity index (χ0v) is 11.3. The molecule has 0 aliphatic carbocycles. The first-order valence-corrected chi connectivity index (χ1v) is 6.90. The topological polar surface area (TPSA) is 89.9 Å². The molecule has 1 atom stereocenters. The third-order valence-corrected chi connectivity index (χ3v) is 4.10. The molecule has 1 amide bonds. The van der Waals surface area contributed by atoms with Gasteiger partial charge in [-0.25, -0.2) is 4.98 Å². The number of hydrogen-bond acceptors (Lipinski definition) is 6. The first-order valence-electron chi connectivity index (χ1n) is 6.02. The van der Waals surface area contributed by atoms with Crippen molar-refractivity contribution < 1.29 is 4.79 Å². The molecule has 1 unspecified atom stereocenters. The summed E-state index contributed by atoms with van der Waals surface area (Å²) in [6, 6.07) is -0.143. The smallest absolute Gasteiger partial charge is 0.273 e. The molecule has 1 aliphatic rings. The van der Waals surface area contributed by atoms with Crippen LogP contribution >= 0.6 is 11.3 Å². The van der Waals surface area contributed by atoms with Gasteiger partial charge in [-0.1, -0.05) is 0 Å². The van der Waals surface area contributed by atoms with E-state index < -0.39 is 0 Å². The van der Waals surface area contributed by atoms with Crippen molar-refractivity contribution in [1.82, 2.24) is 24.6 Å². The SMILES string of the molecule is CC(N)c1nc(C(=O)N2CCn3cnnc3C2)cs1. The van der Waals surface area contributed by atoms with Gasteiger partial charge in [-0.15, -0.1) is 21.5 Å². The van der Waals surface area contributed by atoms with Crippen LogP contribution in [0.2, 0.25) is 0 Å². The van der Waals surface area contributed by atoms with Crippen molar-refractivity contribution >= 4 is 17.2 Å². The number of carbonyl (C=O) groups excluding carboxylic acids is 1. The number of amides is 1. The second kappa shape index (κ2) is 4.71. The minimum Gasteiger partial charge on any atom is -0.328 e. The Morgan fingerprint density at radius 1 is 1.53 bits per heavy atom. The number of hydrogen-bond donors (Lipinski definition) is 1. The summed E-state index contributed by atoms with van der Waals surface area (Å²) in [4.78, 5) is 18.4. The lowest BCUT2D eigenvalue weighted by Crippen LogP contribution is -2.38. The highest BCUT2D eigenvalue weighted by atomic mass is 32.1. The van der Waals surface area contributed by atoms with Crippen LogP contribution in [-0.2, 0) is 13.1 Å². The molecule has 19 heavy (non-hydrogen) atoms. The molecule has 0 aromatic carbocycles. The summed E-state index contributed by atoms with van der Waals surface area (Å²) in [6.07, 6.45) is 1.69. The van der Waals surface area contributed by atoms with E-state index in [0.717, 1.165) is 17.4 Å². The highest BCUT2D eigenvalue weighted by molar-refractivity contribution is 7.09. The number of aromatic nitrogens is 4. The third-order valence-electron chi connectivity index (χ3n) is 3.06. The second-order valence-corrected chi connectivity index (χ2v) is 5.42. The molecular formula is C11H14N6OS. The molecule has 0 saturated heterocycles. The summed E-state index contributed by atoms with van der Waals surface area (Å²) in [7, 11) is 0. The van der Waals surface area contributed by atoms with Crippen LogP contribution in [0.15, 0.2) is 11.7 Å². The Morgan fingerprint density at radius 2 is 2.37 bits per heavy atom. The van der Waals surface area contributed by atoms with Crippen molar-refractivity contribution in [2.75, 3.05) is 6.54 Å². The number of thiazole rings is 1. The molecule has 2 aromatic rings. The van der Waals surface area contributed by atoms with Crippen LogP contribution in [0.25, 0.3) is 0 Å². The van der Waals surface area contributed by atoms with E-state index in [1.54, 1.807) is 16.6 Å². The largest absolute Gasteiger partial charge is 0.328 e. The molecule has 0 bridgehead atoms. The number of rotatable bonds is 2. The monoisotopic (exact) mass is 278 g/mol. The van der Waals surface area contributed by atoms with Gasteiger partial charge in [-0.3, -0.25) is 4.79 Å². The maximum absolute atomic E-state index is 12.3. The number of nitrogens with zero attached hydrogens (tertiary/aromatic N) is 5. The van der Waals surface area contributed by atoms with Crippen molar-refractivity contribution in [3.05, 3.63) is 28.2 Å². The van der Waals surface area contributed by atoms with E-state index in [4.69, 9.17) is 5.73 Å². The van der Waals surface area contributed by atoms with Gasteiger partial charge in [0.15, 0.2) is 5.82 Å². The standard InChI is InChI=1S/C11H14N6OS/c1-7(12)10-14-8(5-19-10)11(18)16-2-3-17-6-13-15-9(17)4-16/h5-7H,2-4,12H2,1H3. The summed E-state index contributed by atoms with van der Waals surface area (Å²) in [5.74, 6) is 0.736. The summed E-state index contributed by atoms with van der Waals surface area (Å²) in [5.41, 5.74) is 6.22. The first-order chi connectivity index (χ1) is 9.15. The van der Waals surface area contributed by atoms with Gasteiger partial charge in [0.2, 0.25) is 0 Å². The maximum atomic E-state index is 12.3. The Balaban J connectivity index is 1.77. The predicted octanol–water partition coefficient (Wildman–Crippen LogP) is 0.410. The Morgan fingerprint density at radius 3 is 3.11 bits per heavy atom. The fourth-order valence-electron chi connectivity index (χ4n) is 2.00. The first kappa shape index (κ1) is 12.2. The fourth-order valence-corrected chi connectivity index (χ4v) is 2.75. The van der Waals surface area contributed by atoms with Crippen LogP contribution in [0.4, 0.5) is 0 Å². The van der Waals surface area contributed by atoms with Crippen LogP contribution in [0.1, 0.15) is 34.3 Å². The highest BCUT2D eigenvalue weighted by Crippen LogP contribution is 2.19. The van der Waals surface area contributed by atoms with Gasteiger partial charge in [-0.2, -0.15) is 0 Å². The normalized spacial score (nSPS) is 16.2. The van der Waals surface area contributed by atoms with Gasteiger partial charge >= 0.3 is 0 Å². The van der Waals surface area contributed by atoms with Crippen LogP contribution in [0.3, 0.4) is 0 Å². The van der Waals surface area contributed by atoms with Gasteiger partial charge in [0.25, 0.3) is 5.91 Å². The Labute approximate surface area is 114 Å². The van der Waals surface area contributed by atoms with Gasteiger partial charge < -0.3 is 15.2 Å². The molecule has 3 heterocycles. The molecule has 7 nitrogen and oxygen atoms in total. The molecule has 8 heteroatoms. The second-order valence-electron chi connectivity index (χ2n) is 4.53. The van der Waals surface area contributed by atoms with E-state index >= 15 is 0 Å². The molecule has 3 rings (SSSR count). The Bertz CT molecular complexity index is 604. The lowest BCUT2D eigenvalue weighted by atomic mass is 10.3. The van der Waals surface area contributed by atoms with Gasteiger partial charge in [-0.05, 0) is 6.92 Å². The van der Waals surface area contributed by atoms with Crippen molar-refractivity contribution in [3.63, 3.8) is 0 Å². The van der Waals surface area contributed by atoms with Gasteiger partial charge in [0.05, 0.1) is 12.6 Å². The molecule has 0 saturated carbocycles. The molecule has 0 spiro atoms. The van der Waals surface area contributed by atoms with Crippen molar-refractivity contribution in [1.29, 1.82) is 0 Å². The highest BCUT2D eigenvalue weighted by Gasteiger charge is 2.24. The van der Waals surface area contributed by atoms with E-state index in [0.29, 0.717) is 18.8 Å². The number of nitrogens with two attached hydrogens (primary N) is 1. The van der Waals surface area contributed by atoms with E-state index in [1.165, 1.54) is 11.3 Å². The lowest BCUT2D eigenvalue weighted by molar-refractivity contribution is 0.0702. The minimum absolute atomic E-state index is 0.0719. The van der Waals surface area contributed by atoms with Crippen LogP contribution in [0, 0.1) is 0 Å². The maximum Gasteiger partial charge on any atom is 0.273 e. The van der Waals surface area contributed by atoms with Crippen LogP contribution in [0.5, 0.6) is 0 Å². The van der Waals surface area contributed by atoms with Crippen molar-refractivity contribution in [2.45, 2.75) is 26.1 Å². The summed E-state index contributed by atoms with van der Waals surface area (Å²) >= 11 is 1.42. The summed E-state index contributed by atoms with van der Waals surface area (Å²) in [5, 5.41) is 10.4. The summed E-state index contributed by atoms with van der Waals surface area (Å²) < 4.78 is 1.96. The van der Waals surface area contributed by atoms with Crippen molar-refractivity contribution in [2.24, 2.45) is 5.73 Å². The third kappa shape index (κ3) is 2.24. The quantitative estimate of drug-likeness (QED) is 0.859. The molecular weight excluding hydrogens is 264 g/mol. The Hall–Kier alpha value is -1.80. The van der Waals surface area contributed by atoms with Crippen LogP contribution < -0.4 is 5.73 Å². The lowest BCUT2D eigenvalue weighted by Gasteiger charge is -2.26. The van der Waals surface area contributed by atoms with Crippen LogP contribution in [-0.4, -0.2) is 37.1 Å². The summed E-state index contributed by atoms with van der Waals surface area (Å²) in [6.45, 7) is 3.70. The van der Waals surface area contributed by atoms with Gasteiger partial charge in [0, 0.05) is 18.5 Å².